The summed E-state index contributed by atoms with van der Waals surface area (Å²) < 4.78 is 27.1. The summed E-state index contributed by atoms with van der Waals surface area (Å²) >= 11 is 3.29. The van der Waals surface area contributed by atoms with Crippen LogP contribution in [0, 0.1) is 6.92 Å². The molecule has 0 aliphatic carbocycles. The van der Waals surface area contributed by atoms with Gasteiger partial charge in [0.1, 0.15) is 0 Å². The Labute approximate surface area is 151 Å². The summed E-state index contributed by atoms with van der Waals surface area (Å²) in [6.07, 6.45) is 0. The van der Waals surface area contributed by atoms with Crippen LogP contribution in [0.1, 0.15) is 5.56 Å². The number of sulfonamides is 1. The van der Waals surface area contributed by atoms with E-state index in [-0.39, 0.29) is 29.8 Å². The number of amides is 1. The maximum absolute atomic E-state index is 12.6. The Hall–Kier alpha value is -0.670. The summed E-state index contributed by atoms with van der Waals surface area (Å²) in [5, 5.41) is 3.16. The summed E-state index contributed by atoms with van der Waals surface area (Å²) in [5.74, 6) is -0.166. The molecule has 1 aromatic rings. The van der Waals surface area contributed by atoms with E-state index in [0.29, 0.717) is 23.1 Å². The molecule has 1 aliphatic rings. The molecule has 6 nitrogen and oxygen atoms in total. The van der Waals surface area contributed by atoms with Gasteiger partial charge in [-0.2, -0.15) is 4.31 Å². The van der Waals surface area contributed by atoms with Gasteiger partial charge in [-0.05, 0) is 24.6 Å². The van der Waals surface area contributed by atoms with Crippen molar-refractivity contribution in [1.82, 2.24) is 14.5 Å². The van der Waals surface area contributed by atoms with Gasteiger partial charge >= 0.3 is 0 Å². The standard InChI is InChI=1S/C14H20BrN3O3S.ClH/c1-11-3-4-12(15)9-13(11)22(20,21)17(2)10-14(19)18-7-5-16-6-8-18;/h3-4,9,16H,5-8,10H2,1-2H3;1H. The number of hydrogen-bond donors (Lipinski definition) is 1. The lowest BCUT2D eigenvalue weighted by atomic mass is 10.2. The Balaban J connectivity index is 0.00000264. The van der Waals surface area contributed by atoms with Gasteiger partial charge in [-0.3, -0.25) is 4.79 Å². The Bertz CT molecular complexity index is 663. The number of halogens is 2. The topological polar surface area (TPSA) is 69.7 Å². The highest BCUT2D eigenvalue weighted by atomic mass is 79.9. The van der Waals surface area contributed by atoms with Crippen molar-refractivity contribution in [2.24, 2.45) is 0 Å². The van der Waals surface area contributed by atoms with Gasteiger partial charge in [0.15, 0.2) is 0 Å². The number of nitrogens with one attached hydrogen (secondary N) is 1. The number of nitrogens with zero attached hydrogens (tertiary/aromatic N) is 2. The van der Waals surface area contributed by atoms with Crippen molar-refractivity contribution in [3.8, 4) is 0 Å². The molecule has 0 atom stereocenters. The van der Waals surface area contributed by atoms with Crippen molar-refractivity contribution in [1.29, 1.82) is 0 Å². The summed E-state index contributed by atoms with van der Waals surface area (Å²) in [4.78, 5) is 14.1. The number of benzene rings is 1. The molecule has 1 aromatic carbocycles. The van der Waals surface area contributed by atoms with E-state index in [9.17, 15) is 13.2 Å². The number of carbonyl (C=O) groups excluding carboxylic acids is 1. The van der Waals surface area contributed by atoms with Crippen molar-refractivity contribution in [2.45, 2.75) is 11.8 Å². The zero-order chi connectivity index (χ0) is 16.3. The molecule has 1 amide bonds. The molecular formula is C14H21BrClN3O3S. The fourth-order valence-corrected chi connectivity index (χ4v) is 4.19. The highest BCUT2D eigenvalue weighted by Crippen LogP contribution is 2.23. The van der Waals surface area contributed by atoms with Crippen molar-refractivity contribution in [2.75, 3.05) is 39.8 Å². The quantitative estimate of drug-likeness (QED) is 0.786. The number of likely N-dealkylation sites (N-methyl/N-ethyl adjacent to an activating group) is 1. The molecule has 23 heavy (non-hydrogen) atoms. The number of aryl methyl sites for hydroxylation is 1. The highest BCUT2D eigenvalue weighted by Gasteiger charge is 2.27. The molecule has 9 heteroatoms. The first-order chi connectivity index (χ1) is 10.3. The Morgan fingerprint density at radius 2 is 1.96 bits per heavy atom. The van der Waals surface area contributed by atoms with E-state index in [1.165, 1.54) is 7.05 Å². The van der Waals surface area contributed by atoms with E-state index < -0.39 is 10.0 Å². The van der Waals surface area contributed by atoms with Gasteiger partial charge in [-0.1, -0.05) is 22.0 Å². The van der Waals surface area contributed by atoms with Crippen LogP contribution in [0.5, 0.6) is 0 Å². The molecule has 1 saturated heterocycles. The van der Waals surface area contributed by atoms with E-state index in [2.05, 4.69) is 21.2 Å². The molecule has 0 saturated carbocycles. The average molecular weight is 427 g/mol. The van der Waals surface area contributed by atoms with Crippen LogP contribution in [0.25, 0.3) is 0 Å². The predicted octanol–water partition coefficient (Wildman–Crippen LogP) is 1.23. The third-order valence-corrected chi connectivity index (χ3v) is 6.10. The minimum atomic E-state index is -3.69. The molecule has 130 valence electrons. The van der Waals surface area contributed by atoms with Gasteiger partial charge in [-0.15, -0.1) is 12.4 Å². The smallest absolute Gasteiger partial charge is 0.243 e. The van der Waals surface area contributed by atoms with Crippen LogP contribution in [0.15, 0.2) is 27.6 Å². The van der Waals surface area contributed by atoms with Gasteiger partial charge in [0, 0.05) is 37.7 Å². The third kappa shape index (κ3) is 4.90. The molecule has 0 bridgehead atoms. The second-order valence-electron chi connectivity index (χ2n) is 5.30. The van der Waals surface area contributed by atoms with Crippen molar-refractivity contribution in [3.63, 3.8) is 0 Å². The third-order valence-electron chi connectivity index (χ3n) is 3.67. The van der Waals surface area contributed by atoms with Gasteiger partial charge in [-0.25, -0.2) is 8.42 Å². The lowest BCUT2D eigenvalue weighted by Gasteiger charge is -2.29. The Morgan fingerprint density at radius 3 is 2.57 bits per heavy atom. The SMILES string of the molecule is Cc1ccc(Br)cc1S(=O)(=O)N(C)CC(=O)N1CCNCC1.Cl. The molecule has 1 heterocycles. The first kappa shape index (κ1) is 20.4. The van der Waals surface area contributed by atoms with Crippen LogP contribution in [0.4, 0.5) is 0 Å². The van der Waals surface area contributed by atoms with E-state index in [0.717, 1.165) is 17.4 Å². The van der Waals surface area contributed by atoms with Crippen LogP contribution in [0.3, 0.4) is 0 Å². The zero-order valence-electron chi connectivity index (χ0n) is 13.1. The second-order valence-corrected chi connectivity index (χ2v) is 8.23. The Morgan fingerprint density at radius 1 is 1.35 bits per heavy atom. The van der Waals surface area contributed by atoms with E-state index in [1.54, 1.807) is 30.0 Å². The lowest BCUT2D eigenvalue weighted by Crippen LogP contribution is -2.49. The van der Waals surface area contributed by atoms with Crippen LogP contribution in [-0.4, -0.2) is 63.3 Å². The molecule has 2 rings (SSSR count). The normalized spacial score (nSPS) is 15.4. The fourth-order valence-electron chi connectivity index (χ4n) is 2.31. The molecule has 1 N–H and O–H groups in total. The van der Waals surface area contributed by atoms with Crippen molar-refractivity contribution >= 4 is 44.3 Å². The largest absolute Gasteiger partial charge is 0.339 e. The zero-order valence-corrected chi connectivity index (χ0v) is 16.3. The monoisotopic (exact) mass is 425 g/mol. The van der Waals surface area contributed by atoms with Crippen LogP contribution in [0.2, 0.25) is 0 Å². The minimum Gasteiger partial charge on any atom is -0.339 e. The van der Waals surface area contributed by atoms with E-state index in [4.69, 9.17) is 0 Å². The van der Waals surface area contributed by atoms with Gasteiger partial charge in [0.25, 0.3) is 0 Å². The minimum absolute atomic E-state index is 0. The molecule has 0 unspecified atom stereocenters. The summed E-state index contributed by atoms with van der Waals surface area (Å²) in [6, 6.07) is 5.10. The maximum atomic E-state index is 12.6. The maximum Gasteiger partial charge on any atom is 0.243 e. The molecule has 0 spiro atoms. The van der Waals surface area contributed by atoms with Crippen molar-refractivity contribution < 1.29 is 13.2 Å². The summed E-state index contributed by atoms with van der Waals surface area (Å²) in [7, 11) is -2.25. The van der Waals surface area contributed by atoms with Crippen molar-refractivity contribution in [3.05, 3.63) is 28.2 Å². The summed E-state index contributed by atoms with van der Waals surface area (Å²) in [6.45, 7) is 4.31. The van der Waals surface area contributed by atoms with Crippen LogP contribution in [-0.2, 0) is 14.8 Å². The van der Waals surface area contributed by atoms with Gasteiger partial charge in [0.2, 0.25) is 15.9 Å². The van der Waals surface area contributed by atoms with Crippen LogP contribution >= 0.6 is 28.3 Å². The van der Waals surface area contributed by atoms with Gasteiger partial charge in [0.05, 0.1) is 11.4 Å². The molecule has 1 aliphatic heterocycles. The lowest BCUT2D eigenvalue weighted by molar-refractivity contribution is -0.131. The molecule has 0 aromatic heterocycles. The first-order valence-corrected chi connectivity index (χ1v) is 9.26. The highest BCUT2D eigenvalue weighted by molar-refractivity contribution is 9.10. The number of hydrogen-bond acceptors (Lipinski definition) is 4. The first-order valence-electron chi connectivity index (χ1n) is 7.03. The molecular weight excluding hydrogens is 406 g/mol. The van der Waals surface area contributed by atoms with Gasteiger partial charge < -0.3 is 10.2 Å². The predicted molar refractivity (Wildman–Crippen MR) is 95.4 cm³/mol. The molecule has 1 fully saturated rings. The Kier molecular flexibility index (Phi) is 7.47. The number of piperazine rings is 1. The number of carbonyl (C=O) groups is 1. The molecule has 0 radical (unpaired) electrons. The van der Waals surface area contributed by atoms with Crippen LogP contribution < -0.4 is 5.32 Å². The number of rotatable bonds is 4. The second kappa shape index (κ2) is 8.43. The van der Waals surface area contributed by atoms with E-state index in [1.807, 2.05) is 0 Å². The average Bonchev–Trinajstić information content (AvgIpc) is 2.50. The fraction of sp³-hybridized carbons (Fsp3) is 0.500. The summed E-state index contributed by atoms with van der Waals surface area (Å²) in [5.41, 5.74) is 0.657. The van der Waals surface area contributed by atoms with E-state index >= 15 is 0 Å².